The van der Waals surface area contributed by atoms with E-state index in [0.29, 0.717) is 0 Å². The summed E-state index contributed by atoms with van der Waals surface area (Å²) in [6, 6.07) is 71.6. The van der Waals surface area contributed by atoms with Gasteiger partial charge in [-0.25, -0.2) is 0 Å². The number of fused-ring (bicyclic) bond motifs is 13. The molecule has 0 saturated heterocycles. The van der Waals surface area contributed by atoms with Gasteiger partial charge in [0.15, 0.2) is 0 Å². The number of thiophene rings is 1. The maximum atomic E-state index is 2.49. The second kappa shape index (κ2) is 11.8. The van der Waals surface area contributed by atoms with Crippen LogP contribution in [0.3, 0.4) is 0 Å². The highest BCUT2D eigenvalue weighted by Crippen LogP contribution is 2.48. The van der Waals surface area contributed by atoms with Crippen molar-refractivity contribution < 1.29 is 0 Å². The van der Waals surface area contributed by atoms with Gasteiger partial charge >= 0.3 is 0 Å². The van der Waals surface area contributed by atoms with Crippen LogP contribution in [0.1, 0.15) is 0 Å². The summed E-state index contributed by atoms with van der Waals surface area (Å²) in [4.78, 5) is 2.49. The van der Waals surface area contributed by atoms with E-state index in [-0.39, 0.29) is 0 Å². The Labute approximate surface area is 321 Å². The van der Waals surface area contributed by atoms with E-state index in [0.717, 1.165) is 17.1 Å². The van der Waals surface area contributed by atoms with Gasteiger partial charge in [-0.05, 0) is 92.3 Å². The number of rotatable bonds is 4. The first kappa shape index (κ1) is 30.5. The average Bonchev–Trinajstić information content (AvgIpc) is 3.81. The minimum Gasteiger partial charge on any atom is -0.310 e. The lowest BCUT2D eigenvalue weighted by atomic mass is 10.0. The number of aromatic nitrogens is 1. The third-order valence-corrected chi connectivity index (χ3v) is 12.7. The zero-order chi connectivity index (χ0) is 36.0. The monoisotopic (exact) mass is 716 g/mol. The summed E-state index contributed by atoms with van der Waals surface area (Å²) in [6.07, 6.45) is 0. The summed E-state index contributed by atoms with van der Waals surface area (Å²) >= 11 is 1.89. The highest BCUT2D eigenvalue weighted by atomic mass is 32.1. The standard InChI is InChI=1S/C52H32N2S/c1-2-14-37(15-3-1)54-47-30-26-39(32-46(47)44-27-23-34-12-5-8-17-42(34)51(44)54)53(38-25-29-41-36(31-38)22-21-33-11-4-7-16-40(33)41)48-19-10-20-49-50(48)45-28-24-35-13-6-9-18-43(35)52(45)55-49/h1-32H. The highest BCUT2D eigenvalue weighted by molar-refractivity contribution is 7.26. The van der Waals surface area contributed by atoms with Crippen molar-refractivity contribution in [2.24, 2.45) is 0 Å². The normalized spacial score (nSPS) is 12.0. The molecular formula is C52H32N2S. The first-order chi connectivity index (χ1) is 27.3. The van der Waals surface area contributed by atoms with Crippen LogP contribution < -0.4 is 4.90 Å². The lowest BCUT2D eigenvalue weighted by molar-refractivity contribution is 1.18. The Bertz CT molecular complexity index is 3500. The van der Waals surface area contributed by atoms with E-state index >= 15 is 0 Å². The van der Waals surface area contributed by atoms with Crippen LogP contribution >= 0.6 is 11.3 Å². The van der Waals surface area contributed by atoms with Crippen LogP contribution in [0, 0.1) is 0 Å². The molecule has 0 radical (unpaired) electrons. The molecule has 2 nitrogen and oxygen atoms in total. The summed E-state index contributed by atoms with van der Waals surface area (Å²) in [6.45, 7) is 0. The van der Waals surface area contributed by atoms with Crippen molar-refractivity contribution in [2.45, 2.75) is 0 Å². The molecule has 0 saturated carbocycles. The van der Waals surface area contributed by atoms with Gasteiger partial charge in [0, 0.05) is 53.4 Å². The lowest BCUT2D eigenvalue weighted by Crippen LogP contribution is -2.10. The summed E-state index contributed by atoms with van der Waals surface area (Å²) < 4.78 is 5.06. The van der Waals surface area contributed by atoms with E-state index in [1.54, 1.807) is 0 Å². The fourth-order valence-electron chi connectivity index (χ4n) is 9.04. The number of hydrogen-bond donors (Lipinski definition) is 0. The first-order valence-corrected chi connectivity index (χ1v) is 19.7. The van der Waals surface area contributed by atoms with Crippen molar-refractivity contribution >= 4 is 113 Å². The van der Waals surface area contributed by atoms with Crippen LogP contribution in [0.2, 0.25) is 0 Å². The molecule has 0 atom stereocenters. The first-order valence-electron chi connectivity index (χ1n) is 18.8. The van der Waals surface area contributed by atoms with Crippen LogP contribution in [-0.2, 0) is 0 Å². The van der Waals surface area contributed by atoms with E-state index in [4.69, 9.17) is 0 Å². The second-order valence-corrected chi connectivity index (χ2v) is 15.6. The smallest absolute Gasteiger partial charge is 0.0619 e. The summed E-state index contributed by atoms with van der Waals surface area (Å²) in [5.74, 6) is 0. The molecular weight excluding hydrogens is 685 g/mol. The third kappa shape index (κ3) is 4.54. The Hall–Kier alpha value is -6.94. The topological polar surface area (TPSA) is 8.17 Å². The molecule has 12 rings (SSSR count). The molecule has 0 aliphatic carbocycles. The molecule has 0 spiro atoms. The van der Waals surface area contributed by atoms with E-state index in [1.165, 1.54) is 90.8 Å². The molecule has 10 aromatic carbocycles. The van der Waals surface area contributed by atoms with Gasteiger partial charge in [0.2, 0.25) is 0 Å². The summed E-state index contributed by atoms with van der Waals surface area (Å²) in [5.41, 5.74) is 7.02. The van der Waals surface area contributed by atoms with Gasteiger partial charge < -0.3 is 9.47 Å². The van der Waals surface area contributed by atoms with Gasteiger partial charge in [0.25, 0.3) is 0 Å². The molecule has 0 bridgehead atoms. The SMILES string of the molecule is c1ccc(-n2c3ccc(N(c4ccc5c(ccc6ccccc65)c4)c4cccc5sc6c7ccccc7ccc6c45)cc3c3ccc4ccccc4c32)cc1. The van der Waals surface area contributed by atoms with Gasteiger partial charge in [-0.15, -0.1) is 11.3 Å². The van der Waals surface area contributed by atoms with Gasteiger partial charge in [-0.1, -0.05) is 140 Å². The van der Waals surface area contributed by atoms with Crippen LogP contribution in [0.25, 0.3) is 90.8 Å². The summed E-state index contributed by atoms with van der Waals surface area (Å²) in [5, 5.41) is 15.1. The largest absolute Gasteiger partial charge is 0.310 e. The molecule has 55 heavy (non-hydrogen) atoms. The Morgan fingerprint density at radius 2 is 0.982 bits per heavy atom. The van der Waals surface area contributed by atoms with E-state index in [2.05, 4.69) is 204 Å². The van der Waals surface area contributed by atoms with E-state index in [9.17, 15) is 0 Å². The minimum absolute atomic E-state index is 1.13. The number of hydrogen-bond acceptors (Lipinski definition) is 2. The maximum absolute atomic E-state index is 2.49. The Morgan fingerprint density at radius 1 is 0.382 bits per heavy atom. The highest BCUT2D eigenvalue weighted by Gasteiger charge is 2.22. The van der Waals surface area contributed by atoms with Crippen molar-refractivity contribution in [1.82, 2.24) is 4.57 Å². The Morgan fingerprint density at radius 3 is 1.82 bits per heavy atom. The second-order valence-electron chi connectivity index (χ2n) is 14.5. The third-order valence-electron chi connectivity index (χ3n) is 11.5. The number of nitrogens with zero attached hydrogens (tertiary/aromatic N) is 2. The molecule has 256 valence electrons. The van der Waals surface area contributed by atoms with Crippen LogP contribution in [0.5, 0.6) is 0 Å². The number of benzene rings is 10. The van der Waals surface area contributed by atoms with E-state index in [1.807, 2.05) is 11.3 Å². The quantitative estimate of drug-likeness (QED) is 0.165. The predicted molar refractivity (Wildman–Crippen MR) is 238 cm³/mol. The minimum atomic E-state index is 1.13. The fourth-order valence-corrected chi connectivity index (χ4v) is 10.3. The van der Waals surface area contributed by atoms with Crippen molar-refractivity contribution in [3.63, 3.8) is 0 Å². The van der Waals surface area contributed by atoms with Gasteiger partial charge in [0.05, 0.1) is 16.7 Å². The average molecular weight is 717 g/mol. The molecule has 0 unspecified atom stereocenters. The molecule has 0 aliphatic heterocycles. The van der Waals surface area contributed by atoms with Crippen LogP contribution in [-0.4, -0.2) is 4.57 Å². The Kier molecular flexibility index (Phi) is 6.54. The van der Waals surface area contributed by atoms with Crippen molar-refractivity contribution in [1.29, 1.82) is 0 Å². The van der Waals surface area contributed by atoms with Crippen molar-refractivity contribution in [2.75, 3.05) is 4.90 Å². The van der Waals surface area contributed by atoms with Gasteiger partial charge in [-0.3, -0.25) is 0 Å². The molecule has 2 aromatic heterocycles. The lowest BCUT2D eigenvalue weighted by Gasteiger charge is -2.27. The molecule has 12 aromatic rings. The molecule has 0 aliphatic rings. The predicted octanol–water partition coefficient (Wildman–Crippen LogP) is 15.2. The molecule has 3 heteroatoms. The zero-order valence-corrected chi connectivity index (χ0v) is 30.6. The zero-order valence-electron chi connectivity index (χ0n) is 29.8. The molecule has 0 N–H and O–H groups in total. The fraction of sp³-hybridized carbons (Fsp3) is 0. The van der Waals surface area contributed by atoms with E-state index < -0.39 is 0 Å². The van der Waals surface area contributed by atoms with Crippen molar-refractivity contribution in [3.8, 4) is 5.69 Å². The van der Waals surface area contributed by atoms with Crippen LogP contribution in [0.15, 0.2) is 194 Å². The Balaban J connectivity index is 1.17. The van der Waals surface area contributed by atoms with Crippen LogP contribution in [0.4, 0.5) is 17.1 Å². The summed E-state index contributed by atoms with van der Waals surface area (Å²) in [7, 11) is 0. The van der Waals surface area contributed by atoms with Crippen molar-refractivity contribution in [3.05, 3.63) is 194 Å². The molecule has 2 heterocycles. The number of anilines is 3. The molecule has 0 fully saturated rings. The van der Waals surface area contributed by atoms with Gasteiger partial charge in [0.1, 0.15) is 0 Å². The number of para-hydroxylation sites is 1. The maximum Gasteiger partial charge on any atom is 0.0619 e. The van der Waals surface area contributed by atoms with Gasteiger partial charge in [-0.2, -0.15) is 0 Å². The molecule has 0 amide bonds.